The first-order valence-corrected chi connectivity index (χ1v) is 13.9. The van der Waals surface area contributed by atoms with Gasteiger partial charge in [-0.2, -0.15) is 0 Å². The summed E-state index contributed by atoms with van der Waals surface area (Å²) in [5.74, 6) is -2.52. The minimum absolute atomic E-state index is 0.0256. The second kappa shape index (κ2) is 16.2. The van der Waals surface area contributed by atoms with Crippen LogP contribution in [0.3, 0.4) is 0 Å². The summed E-state index contributed by atoms with van der Waals surface area (Å²) in [5.41, 5.74) is 0.537. The summed E-state index contributed by atoms with van der Waals surface area (Å²) in [4.78, 5) is 49.3. The molecule has 1 aromatic carbocycles. The van der Waals surface area contributed by atoms with Crippen molar-refractivity contribution in [2.45, 2.75) is 93.9 Å². The number of esters is 2. The van der Waals surface area contributed by atoms with Crippen LogP contribution in [0.15, 0.2) is 18.2 Å². The van der Waals surface area contributed by atoms with E-state index < -0.39 is 42.1 Å². The zero-order valence-electron chi connectivity index (χ0n) is 25.5. The zero-order valence-corrected chi connectivity index (χ0v) is 25.5. The third-order valence-corrected chi connectivity index (χ3v) is 7.08. The number of nitrogens with one attached hydrogen (secondary N) is 1. The third kappa shape index (κ3) is 11.5. The molecule has 2 N–H and O–H groups in total. The minimum atomic E-state index is -1.11. The second-order valence-corrected chi connectivity index (χ2v) is 11.4. The maximum Gasteiger partial charge on any atom is 0.508 e. The molecule has 0 radical (unpaired) electrons. The fourth-order valence-corrected chi connectivity index (χ4v) is 3.10. The van der Waals surface area contributed by atoms with Gasteiger partial charge in [-0.05, 0) is 55.7 Å². The number of hydrogen-bond donors (Lipinski definition) is 2. The first-order chi connectivity index (χ1) is 18.5. The van der Waals surface area contributed by atoms with Gasteiger partial charge in [0, 0.05) is 6.54 Å². The molecule has 1 rings (SSSR count). The first-order valence-electron chi connectivity index (χ1n) is 13.9. The van der Waals surface area contributed by atoms with Crippen LogP contribution in [0.2, 0.25) is 0 Å². The second-order valence-electron chi connectivity index (χ2n) is 11.4. The van der Waals surface area contributed by atoms with Gasteiger partial charge >= 0.3 is 24.1 Å². The van der Waals surface area contributed by atoms with Crippen molar-refractivity contribution in [1.29, 1.82) is 0 Å². The van der Waals surface area contributed by atoms with Crippen molar-refractivity contribution in [1.82, 2.24) is 5.32 Å². The van der Waals surface area contributed by atoms with E-state index in [2.05, 4.69) is 5.32 Å². The van der Waals surface area contributed by atoms with Crippen molar-refractivity contribution in [3.63, 3.8) is 0 Å². The molecule has 0 aliphatic carbocycles. The van der Waals surface area contributed by atoms with Gasteiger partial charge in [-0.15, -0.1) is 0 Å². The van der Waals surface area contributed by atoms with E-state index in [4.69, 9.17) is 18.9 Å². The average Bonchev–Trinajstić information content (AvgIpc) is 2.86. The van der Waals surface area contributed by atoms with Crippen molar-refractivity contribution in [3.05, 3.63) is 23.8 Å². The Balaban J connectivity index is 3.06. The largest absolute Gasteiger partial charge is 0.508 e. The molecule has 4 unspecified atom stereocenters. The van der Waals surface area contributed by atoms with Gasteiger partial charge in [-0.1, -0.05) is 61.5 Å². The molecule has 40 heavy (non-hydrogen) atoms. The highest BCUT2D eigenvalue weighted by atomic mass is 16.7. The topological polar surface area (TPSA) is 137 Å². The molecule has 0 heterocycles. The molecule has 226 valence electrons. The molecule has 10 heteroatoms. The zero-order chi connectivity index (χ0) is 30.7. The minimum Gasteiger partial charge on any atom is -0.480 e. The van der Waals surface area contributed by atoms with Gasteiger partial charge in [0.1, 0.15) is 18.2 Å². The van der Waals surface area contributed by atoms with Gasteiger partial charge in [-0.25, -0.2) is 4.79 Å². The fourth-order valence-electron chi connectivity index (χ4n) is 3.10. The van der Waals surface area contributed by atoms with Crippen LogP contribution in [0, 0.1) is 29.6 Å². The summed E-state index contributed by atoms with van der Waals surface area (Å²) in [7, 11) is 0. The molecule has 0 spiro atoms. The number of rotatable bonds is 15. The molecule has 0 bridgehead atoms. The van der Waals surface area contributed by atoms with E-state index in [1.165, 1.54) is 12.1 Å². The molecule has 5 atom stereocenters. The smallest absolute Gasteiger partial charge is 0.480 e. The van der Waals surface area contributed by atoms with Gasteiger partial charge in [-0.3, -0.25) is 14.4 Å². The molecule has 0 aliphatic heterocycles. The molecule has 0 saturated heterocycles. The summed E-state index contributed by atoms with van der Waals surface area (Å²) >= 11 is 0. The summed E-state index contributed by atoms with van der Waals surface area (Å²) < 4.78 is 21.6. The lowest BCUT2D eigenvalue weighted by Gasteiger charge is -2.21. The number of carboxylic acids is 1. The van der Waals surface area contributed by atoms with E-state index in [9.17, 15) is 24.3 Å². The van der Waals surface area contributed by atoms with E-state index in [1.807, 2.05) is 41.5 Å². The SMILES string of the molecule is CC(CN[C@@H](Cc1ccc(OC(=O)C(C)C(C)C)c(OC(=O)C(C)C(C)C)c1)C(=O)O)OC(=O)OC(C)C(C)C. The highest BCUT2D eigenvalue weighted by Crippen LogP contribution is 2.31. The van der Waals surface area contributed by atoms with Crippen LogP contribution in [-0.4, -0.2) is 54.0 Å². The number of carboxylic acid groups (broad SMARTS) is 1. The van der Waals surface area contributed by atoms with Crippen molar-refractivity contribution in [2.24, 2.45) is 29.6 Å². The molecule has 0 aromatic heterocycles. The number of benzene rings is 1. The predicted molar refractivity (Wildman–Crippen MR) is 150 cm³/mol. The van der Waals surface area contributed by atoms with Crippen LogP contribution in [0.4, 0.5) is 4.79 Å². The maximum atomic E-state index is 12.7. The van der Waals surface area contributed by atoms with Crippen molar-refractivity contribution in [2.75, 3.05) is 6.54 Å². The number of aliphatic carboxylic acids is 1. The predicted octanol–water partition coefficient (Wildman–Crippen LogP) is 5.25. The van der Waals surface area contributed by atoms with Crippen molar-refractivity contribution >= 4 is 24.1 Å². The summed E-state index contributed by atoms with van der Waals surface area (Å²) in [5, 5.41) is 12.7. The quantitative estimate of drug-likeness (QED) is 0.214. The Morgan fingerprint density at radius 3 is 1.75 bits per heavy atom. The van der Waals surface area contributed by atoms with Crippen molar-refractivity contribution < 1.29 is 43.2 Å². The normalized spacial score (nSPS) is 15.2. The van der Waals surface area contributed by atoms with Crippen LogP contribution >= 0.6 is 0 Å². The number of ether oxygens (including phenoxy) is 4. The molecular formula is C30H47NO9. The Morgan fingerprint density at radius 2 is 1.27 bits per heavy atom. The lowest BCUT2D eigenvalue weighted by atomic mass is 9.98. The molecule has 0 amide bonds. The van der Waals surface area contributed by atoms with Crippen LogP contribution in [0.25, 0.3) is 0 Å². The average molecular weight is 566 g/mol. The van der Waals surface area contributed by atoms with Gasteiger partial charge in [0.2, 0.25) is 0 Å². The van der Waals surface area contributed by atoms with Crippen LogP contribution in [0.1, 0.15) is 74.8 Å². The van der Waals surface area contributed by atoms with Gasteiger partial charge < -0.3 is 29.4 Å². The highest BCUT2D eigenvalue weighted by Gasteiger charge is 2.26. The van der Waals surface area contributed by atoms with E-state index in [0.29, 0.717) is 5.56 Å². The number of carbonyl (C=O) groups excluding carboxylic acids is 3. The van der Waals surface area contributed by atoms with E-state index in [1.54, 1.807) is 33.8 Å². The van der Waals surface area contributed by atoms with Crippen LogP contribution in [-0.2, 0) is 30.3 Å². The van der Waals surface area contributed by atoms with Gasteiger partial charge in [0.05, 0.1) is 11.8 Å². The standard InChI is InChI=1S/C30H47NO9/c1-16(2)20(8)28(34)39-25-12-11-23(14-26(25)40-29(35)21(9)17(3)4)13-24(27(32)33)31-15-19(7)37-30(36)38-22(10)18(5)6/h11-12,14,16-22,24,31H,13,15H2,1-10H3,(H,32,33)/t19?,20?,21?,22?,24-/m0/s1. The Bertz CT molecular complexity index is 1000. The molecule has 0 aliphatic rings. The summed E-state index contributed by atoms with van der Waals surface area (Å²) in [6.07, 6.45) is -1.76. The lowest BCUT2D eigenvalue weighted by Crippen LogP contribution is -2.43. The molecule has 0 fully saturated rings. The molecular weight excluding hydrogens is 518 g/mol. The molecule has 0 saturated carbocycles. The monoisotopic (exact) mass is 565 g/mol. The third-order valence-electron chi connectivity index (χ3n) is 7.08. The first kappa shape index (κ1) is 34.9. The molecule has 1 aromatic rings. The van der Waals surface area contributed by atoms with Crippen LogP contribution in [0.5, 0.6) is 11.5 Å². The fraction of sp³-hybridized carbons (Fsp3) is 0.667. The Labute approximate surface area is 238 Å². The summed E-state index contributed by atoms with van der Waals surface area (Å²) in [6, 6.07) is 3.59. The van der Waals surface area contributed by atoms with Crippen LogP contribution < -0.4 is 14.8 Å². The Kier molecular flexibility index (Phi) is 14.1. The number of carbonyl (C=O) groups is 4. The van der Waals surface area contributed by atoms with E-state index in [0.717, 1.165) is 0 Å². The Morgan fingerprint density at radius 1 is 0.750 bits per heavy atom. The highest BCUT2D eigenvalue weighted by molar-refractivity contribution is 5.79. The maximum absolute atomic E-state index is 12.7. The van der Waals surface area contributed by atoms with E-state index in [-0.39, 0.29) is 54.2 Å². The van der Waals surface area contributed by atoms with Gasteiger partial charge in [0.15, 0.2) is 11.5 Å². The summed E-state index contributed by atoms with van der Waals surface area (Å²) in [6.45, 7) is 18.4. The van der Waals surface area contributed by atoms with Gasteiger partial charge in [0.25, 0.3) is 0 Å². The lowest BCUT2D eigenvalue weighted by molar-refractivity contribution is -0.142. The van der Waals surface area contributed by atoms with Crippen molar-refractivity contribution in [3.8, 4) is 11.5 Å². The number of hydrogen-bond acceptors (Lipinski definition) is 9. The molecule has 10 nitrogen and oxygen atoms in total. The Hall–Kier alpha value is -3.14. The van der Waals surface area contributed by atoms with E-state index >= 15 is 0 Å².